The van der Waals surface area contributed by atoms with Crippen molar-refractivity contribution in [3.05, 3.63) is 0 Å². The summed E-state index contributed by atoms with van der Waals surface area (Å²) in [6.07, 6.45) is -5.77. The molecular formula is C5H5Cl2F3NO3P. The number of aliphatic carboxylic acids is 1. The first-order chi connectivity index (χ1) is 6.64. The molecule has 0 bridgehead atoms. The molecule has 0 fully saturated rings. The van der Waals surface area contributed by atoms with Gasteiger partial charge in [-0.15, -0.1) is 0 Å². The van der Waals surface area contributed by atoms with Gasteiger partial charge in [0.25, 0.3) is 0 Å². The van der Waals surface area contributed by atoms with Crippen molar-refractivity contribution in [3.8, 4) is 0 Å². The van der Waals surface area contributed by atoms with Crippen molar-refractivity contribution in [1.29, 1.82) is 0 Å². The molecule has 0 radical (unpaired) electrons. The van der Waals surface area contributed by atoms with Crippen molar-refractivity contribution in [2.45, 2.75) is 6.18 Å². The van der Waals surface area contributed by atoms with Gasteiger partial charge in [0.1, 0.15) is 13.2 Å². The monoisotopic (exact) mass is 285 g/mol. The van der Waals surface area contributed by atoms with Gasteiger partial charge in [-0.25, -0.2) is 0 Å². The SMILES string of the molecule is O=C(O)CN(CP(Cl)Cl)C(=O)C(F)(F)F. The minimum Gasteiger partial charge on any atom is -0.480 e. The molecule has 88 valence electrons. The minimum absolute atomic E-state index is 0.0496. The lowest BCUT2D eigenvalue weighted by Gasteiger charge is -2.21. The lowest BCUT2D eigenvalue weighted by molar-refractivity contribution is -0.185. The van der Waals surface area contributed by atoms with Crippen LogP contribution in [0.25, 0.3) is 0 Å². The maximum absolute atomic E-state index is 11.9. The molecule has 0 rings (SSSR count). The fourth-order valence-corrected chi connectivity index (χ4v) is 1.92. The van der Waals surface area contributed by atoms with Gasteiger partial charge >= 0.3 is 18.1 Å². The summed E-state index contributed by atoms with van der Waals surface area (Å²) in [6.45, 7) is -2.95. The predicted molar refractivity (Wildman–Crippen MR) is 48.9 cm³/mol. The Hall–Kier alpha value is -0.260. The number of halogens is 5. The van der Waals surface area contributed by atoms with Gasteiger partial charge < -0.3 is 10.0 Å². The second-order valence-electron chi connectivity index (χ2n) is 2.34. The van der Waals surface area contributed by atoms with Gasteiger partial charge in [0.05, 0.1) is 6.29 Å². The van der Waals surface area contributed by atoms with E-state index in [1.54, 1.807) is 0 Å². The van der Waals surface area contributed by atoms with E-state index in [9.17, 15) is 22.8 Å². The van der Waals surface area contributed by atoms with Crippen LogP contribution in [0.3, 0.4) is 0 Å². The van der Waals surface area contributed by atoms with Crippen LogP contribution in [0.2, 0.25) is 0 Å². The molecule has 0 aliphatic heterocycles. The van der Waals surface area contributed by atoms with E-state index in [0.29, 0.717) is 0 Å². The van der Waals surface area contributed by atoms with Gasteiger partial charge in [-0.3, -0.25) is 9.59 Å². The Balaban J connectivity index is 4.62. The lowest BCUT2D eigenvalue weighted by atomic mass is 10.5. The number of hydrogen-bond acceptors (Lipinski definition) is 2. The zero-order chi connectivity index (χ0) is 12.2. The first-order valence-electron chi connectivity index (χ1n) is 3.31. The highest BCUT2D eigenvalue weighted by Crippen LogP contribution is 2.47. The Bertz CT molecular complexity index is 260. The third-order valence-electron chi connectivity index (χ3n) is 1.13. The van der Waals surface area contributed by atoms with Crippen LogP contribution in [0.4, 0.5) is 13.2 Å². The van der Waals surface area contributed by atoms with Crippen LogP contribution < -0.4 is 0 Å². The largest absolute Gasteiger partial charge is 0.480 e. The lowest BCUT2D eigenvalue weighted by Crippen LogP contribution is -2.43. The van der Waals surface area contributed by atoms with Gasteiger partial charge in [-0.1, -0.05) is 22.5 Å². The number of carboxylic acids is 1. The summed E-state index contributed by atoms with van der Waals surface area (Å²) < 4.78 is 35.8. The molecule has 1 amide bonds. The van der Waals surface area contributed by atoms with Crippen molar-refractivity contribution in [2.75, 3.05) is 12.8 Å². The molecule has 4 nitrogen and oxygen atoms in total. The van der Waals surface area contributed by atoms with Crippen LogP contribution >= 0.6 is 29.1 Å². The number of amides is 1. The van der Waals surface area contributed by atoms with E-state index in [4.69, 9.17) is 27.6 Å². The second kappa shape index (κ2) is 5.72. The summed E-state index contributed by atoms with van der Waals surface area (Å²) in [7, 11) is 0. The Kier molecular flexibility index (Phi) is 5.62. The van der Waals surface area contributed by atoms with Gasteiger partial charge in [0, 0.05) is 0 Å². The highest BCUT2D eigenvalue weighted by molar-refractivity contribution is 8.03. The predicted octanol–water partition coefficient (Wildman–Crippen LogP) is 2.21. The van der Waals surface area contributed by atoms with E-state index in [2.05, 4.69) is 0 Å². The maximum Gasteiger partial charge on any atom is 0.471 e. The Morgan fingerprint density at radius 1 is 1.33 bits per heavy atom. The number of carbonyl (C=O) groups excluding carboxylic acids is 1. The molecule has 0 saturated carbocycles. The smallest absolute Gasteiger partial charge is 0.471 e. The average molecular weight is 286 g/mol. The Morgan fingerprint density at radius 3 is 2.07 bits per heavy atom. The molecule has 0 aliphatic carbocycles. The average Bonchev–Trinajstić information content (AvgIpc) is 1.98. The van der Waals surface area contributed by atoms with Crippen LogP contribution in [0.5, 0.6) is 0 Å². The van der Waals surface area contributed by atoms with Crippen molar-refractivity contribution in [2.24, 2.45) is 0 Å². The third kappa shape index (κ3) is 6.02. The standard InChI is InChI=1S/C5H5Cl2F3NO3P/c6-15(7)2-11(1-3(12)13)4(14)5(8,9)10/h1-2H2,(H,12,13). The van der Waals surface area contributed by atoms with Crippen molar-refractivity contribution < 1.29 is 27.9 Å². The van der Waals surface area contributed by atoms with E-state index in [1.807, 2.05) is 0 Å². The fourth-order valence-electron chi connectivity index (χ4n) is 0.658. The van der Waals surface area contributed by atoms with Crippen molar-refractivity contribution >= 4 is 41.0 Å². The van der Waals surface area contributed by atoms with E-state index in [1.165, 1.54) is 0 Å². The Morgan fingerprint density at radius 2 is 1.80 bits per heavy atom. The number of hydrogen-bond donors (Lipinski definition) is 1. The maximum atomic E-state index is 11.9. The van der Waals surface area contributed by atoms with E-state index < -0.39 is 37.5 Å². The summed E-state index contributed by atoms with van der Waals surface area (Å²) in [6, 6.07) is 0. The van der Waals surface area contributed by atoms with Gasteiger partial charge in [-0.05, 0) is 0 Å². The molecule has 10 heteroatoms. The van der Waals surface area contributed by atoms with E-state index in [-0.39, 0.29) is 4.90 Å². The first kappa shape index (κ1) is 14.7. The first-order valence-corrected chi connectivity index (χ1v) is 6.65. The molecule has 0 spiro atoms. The number of rotatable bonds is 4. The minimum atomic E-state index is -5.13. The van der Waals surface area contributed by atoms with E-state index >= 15 is 0 Å². The van der Waals surface area contributed by atoms with Gasteiger partial charge in [-0.2, -0.15) is 13.2 Å². The zero-order valence-corrected chi connectivity index (χ0v) is 9.37. The zero-order valence-electron chi connectivity index (χ0n) is 6.96. The number of alkyl halides is 3. The van der Waals surface area contributed by atoms with Crippen LogP contribution in [0.15, 0.2) is 0 Å². The number of nitrogens with zero attached hydrogens (tertiary/aromatic N) is 1. The van der Waals surface area contributed by atoms with Crippen LogP contribution in [0.1, 0.15) is 0 Å². The molecule has 0 unspecified atom stereocenters. The van der Waals surface area contributed by atoms with Crippen LogP contribution in [0, 0.1) is 0 Å². The molecular weight excluding hydrogens is 281 g/mol. The Labute approximate surface area is 93.3 Å². The molecule has 1 N–H and O–H groups in total. The fraction of sp³-hybridized carbons (Fsp3) is 0.600. The van der Waals surface area contributed by atoms with Crippen LogP contribution in [-0.2, 0) is 9.59 Å². The molecule has 0 aromatic carbocycles. The quantitative estimate of drug-likeness (QED) is 0.806. The molecule has 0 saturated heterocycles. The highest BCUT2D eigenvalue weighted by Gasteiger charge is 2.43. The third-order valence-corrected chi connectivity index (χ3v) is 2.33. The molecule has 15 heavy (non-hydrogen) atoms. The normalized spacial score (nSPS) is 11.6. The molecule has 0 aliphatic rings. The van der Waals surface area contributed by atoms with Gasteiger partial charge in [0.15, 0.2) is 0 Å². The molecule has 0 aromatic rings. The second-order valence-corrected chi connectivity index (χ2v) is 6.20. The summed E-state index contributed by atoms with van der Waals surface area (Å²) in [5.74, 6) is -3.84. The highest BCUT2D eigenvalue weighted by atomic mass is 35.9. The van der Waals surface area contributed by atoms with Crippen LogP contribution in [-0.4, -0.2) is 40.9 Å². The molecule has 0 aromatic heterocycles. The summed E-state index contributed by atoms with van der Waals surface area (Å²) in [4.78, 5) is 20.9. The molecule has 0 atom stereocenters. The van der Waals surface area contributed by atoms with Gasteiger partial charge in [0.2, 0.25) is 0 Å². The summed E-state index contributed by atoms with van der Waals surface area (Å²) in [5, 5.41) is 8.27. The van der Waals surface area contributed by atoms with Crippen molar-refractivity contribution in [1.82, 2.24) is 4.90 Å². The molecule has 0 heterocycles. The summed E-state index contributed by atoms with van der Waals surface area (Å²) >= 11 is 10.5. The number of carboxylic acid groups (broad SMARTS) is 1. The summed E-state index contributed by atoms with van der Waals surface area (Å²) in [5.41, 5.74) is 0. The topological polar surface area (TPSA) is 57.6 Å². The van der Waals surface area contributed by atoms with Crippen molar-refractivity contribution in [3.63, 3.8) is 0 Å². The van der Waals surface area contributed by atoms with E-state index in [0.717, 1.165) is 0 Å². The number of carbonyl (C=O) groups is 2.